The van der Waals surface area contributed by atoms with Crippen LogP contribution in [0.25, 0.3) is 0 Å². The third-order valence-corrected chi connectivity index (χ3v) is 3.52. The van der Waals surface area contributed by atoms with Crippen LogP contribution in [0.15, 0.2) is 60.7 Å². The number of rotatable bonds is 8. The van der Waals surface area contributed by atoms with Crippen LogP contribution in [0.3, 0.4) is 0 Å². The summed E-state index contributed by atoms with van der Waals surface area (Å²) in [5, 5.41) is 14.0. The molecule has 0 fully saturated rings. The Hall–Kier alpha value is -3.35. The van der Waals surface area contributed by atoms with Crippen molar-refractivity contribution in [3.63, 3.8) is 0 Å². The fourth-order valence-corrected chi connectivity index (χ4v) is 2.16. The van der Waals surface area contributed by atoms with Gasteiger partial charge in [0.05, 0.1) is 6.42 Å². The Balaban J connectivity index is 1.78. The molecule has 0 aliphatic carbocycles. The summed E-state index contributed by atoms with van der Waals surface area (Å²) in [6.07, 6.45) is -1.28. The van der Waals surface area contributed by atoms with Gasteiger partial charge in [-0.1, -0.05) is 60.7 Å². The molecule has 0 heterocycles. The van der Waals surface area contributed by atoms with Crippen molar-refractivity contribution in [2.24, 2.45) is 0 Å². The Labute approximate surface area is 151 Å². The summed E-state index contributed by atoms with van der Waals surface area (Å²) in [4.78, 5) is 35.0. The number of alkyl carbamates (subject to hydrolysis) is 1. The van der Waals surface area contributed by atoms with Crippen molar-refractivity contribution in [1.29, 1.82) is 0 Å². The van der Waals surface area contributed by atoms with E-state index in [9.17, 15) is 19.5 Å². The Morgan fingerprint density at radius 1 is 0.923 bits per heavy atom. The first-order valence-corrected chi connectivity index (χ1v) is 8.05. The molecule has 2 aromatic carbocycles. The lowest BCUT2D eigenvalue weighted by molar-refractivity contribution is -0.141. The first-order valence-electron chi connectivity index (χ1n) is 8.05. The van der Waals surface area contributed by atoms with Crippen molar-refractivity contribution in [3.05, 3.63) is 71.8 Å². The molecule has 0 aliphatic rings. The number of aliphatic carboxylic acids is 1. The maximum absolute atomic E-state index is 11.9. The summed E-state index contributed by atoms with van der Waals surface area (Å²) in [6, 6.07) is 16.8. The average molecular weight is 356 g/mol. The largest absolute Gasteiger partial charge is 0.480 e. The van der Waals surface area contributed by atoms with Crippen molar-refractivity contribution < 1.29 is 24.2 Å². The number of carboxylic acid groups (broad SMARTS) is 1. The third-order valence-electron chi connectivity index (χ3n) is 3.52. The topological polar surface area (TPSA) is 105 Å². The average Bonchev–Trinajstić information content (AvgIpc) is 2.66. The molecule has 0 radical (unpaired) electrons. The van der Waals surface area contributed by atoms with Crippen LogP contribution in [-0.2, 0) is 27.5 Å². The highest BCUT2D eigenvalue weighted by Crippen LogP contribution is 2.02. The zero-order valence-corrected chi connectivity index (χ0v) is 14.1. The minimum absolute atomic E-state index is 0.0131. The number of carbonyl (C=O) groups excluding carboxylic acids is 2. The normalized spacial score (nSPS) is 11.2. The van der Waals surface area contributed by atoms with Gasteiger partial charge in [-0.05, 0) is 11.1 Å². The van der Waals surface area contributed by atoms with E-state index in [2.05, 4.69) is 10.6 Å². The number of hydrogen-bond acceptors (Lipinski definition) is 4. The van der Waals surface area contributed by atoms with Crippen LogP contribution in [0.1, 0.15) is 17.5 Å². The highest BCUT2D eigenvalue weighted by Gasteiger charge is 2.23. The van der Waals surface area contributed by atoms with E-state index in [-0.39, 0.29) is 19.6 Å². The van der Waals surface area contributed by atoms with Crippen LogP contribution in [-0.4, -0.2) is 29.1 Å². The smallest absolute Gasteiger partial charge is 0.408 e. The first kappa shape index (κ1) is 19.0. The SMILES string of the molecule is O=C(CC(NC(=O)OCc1ccccc1)C(=O)O)NCc1ccccc1. The maximum atomic E-state index is 11.9. The van der Waals surface area contributed by atoms with Crippen LogP contribution in [0, 0.1) is 0 Å². The predicted molar refractivity (Wildman–Crippen MR) is 94.1 cm³/mol. The van der Waals surface area contributed by atoms with Gasteiger partial charge in [-0.3, -0.25) is 4.79 Å². The van der Waals surface area contributed by atoms with Crippen LogP contribution in [0.2, 0.25) is 0 Å². The van der Waals surface area contributed by atoms with Crippen LogP contribution >= 0.6 is 0 Å². The van der Waals surface area contributed by atoms with Crippen molar-refractivity contribution in [3.8, 4) is 0 Å². The fraction of sp³-hybridized carbons (Fsp3) is 0.211. The molecule has 3 N–H and O–H groups in total. The lowest BCUT2D eigenvalue weighted by atomic mass is 10.2. The summed E-state index contributed by atoms with van der Waals surface area (Å²) in [5.41, 5.74) is 1.66. The Kier molecular flexibility index (Phi) is 7.17. The van der Waals surface area contributed by atoms with E-state index in [4.69, 9.17) is 4.74 Å². The molecule has 26 heavy (non-hydrogen) atoms. The number of benzene rings is 2. The molecule has 7 heteroatoms. The third kappa shape index (κ3) is 6.64. The number of carbonyl (C=O) groups is 3. The lowest BCUT2D eigenvalue weighted by Gasteiger charge is -2.14. The van der Waals surface area contributed by atoms with Crippen molar-refractivity contribution in [1.82, 2.24) is 10.6 Å². The van der Waals surface area contributed by atoms with E-state index in [1.807, 2.05) is 36.4 Å². The number of amides is 2. The zero-order valence-electron chi connectivity index (χ0n) is 14.1. The molecular weight excluding hydrogens is 336 g/mol. The number of ether oxygens (including phenoxy) is 1. The number of hydrogen-bond donors (Lipinski definition) is 3. The van der Waals surface area contributed by atoms with Crippen molar-refractivity contribution in [2.75, 3.05) is 0 Å². The molecule has 0 saturated carbocycles. The second-order valence-corrected chi connectivity index (χ2v) is 5.56. The number of carboxylic acids is 1. The molecule has 1 atom stereocenters. The fourth-order valence-electron chi connectivity index (χ4n) is 2.16. The molecule has 0 saturated heterocycles. The van der Waals surface area contributed by atoms with Crippen molar-refractivity contribution >= 4 is 18.0 Å². The molecule has 136 valence electrons. The second kappa shape index (κ2) is 9.83. The van der Waals surface area contributed by atoms with E-state index in [1.165, 1.54) is 0 Å². The molecule has 1 unspecified atom stereocenters. The predicted octanol–water partition coefficient (Wildman–Crippen LogP) is 2.07. The second-order valence-electron chi connectivity index (χ2n) is 5.56. The van der Waals surface area contributed by atoms with Gasteiger partial charge in [0.15, 0.2) is 0 Å². The highest BCUT2D eigenvalue weighted by molar-refractivity contribution is 5.87. The van der Waals surface area contributed by atoms with Gasteiger partial charge in [0, 0.05) is 6.54 Å². The Bertz CT molecular complexity index is 677. The van der Waals surface area contributed by atoms with E-state index in [0.717, 1.165) is 11.1 Å². The van der Waals surface area contributed by atoms with Gasteiger partial charge in [0.25, 0.3) is 0 Å². The summed E-state index contributed by atoms with van der Waals surface area (Å²) >= 11 is 0. The summed E-state index contributed by atoms with van der Waals surface area (Å²) < 4.78 is 4.97. The molecule has 7 nitrogen and oxygen atoms in total. The van der Waals surface area contributed by atoms with Gasteiger partial charge in [-0.15, -0.1) is 0 Å². The van der Waals surface area contributed by atoms with Gasteiger partial charge in [0.1, 0.15) is 12.6 Å². The molecule has 0 spiro atoms. The first-order chi connectivity index (χ1) is 12.5. The van der Waals surface area contributed by atoms with Crippen LogP contribution in [0.4, 0.5) is 4.79 Å². The van der Waals surface area contributed by atoms with Gasteiger partial charge in [-0.2, -0.15) is 0 Å². The van der Waals surface area contributed by atoms with Gasteiger partial charge >= 0.3 is 12.1 Å². The molecule has 2 rings (SSSR count). The zero-order chi connectivity index (χ0) is 18.8. The molecule has 0 aliphatic heterocycles. The summed E-state index contributed by atoms with van der Waals surface area (Å²) in [6.45, 7) is 0.295. The maximum Gasteiger partial charge on any atom is 0.408 e. The van der Waals surface area contributed by atoms with E-state index in [0.29, 0.717) is 0 Å². The number of nitrogens with one attached hydrogen (secondary N) is 2. The molecule has 2 amide bonds. The molecule has 0 bridgehead atoms. The summed E-state index contributed by atoms with van der Waals surface area (Å²) in [5.74, 6) is -1.79. The minimum atomic E-state index is -1.37. The molecular formula is C19H20N2O5. The standard InChI is InChI=1S/C19H20N2O5/c22-17(20-12-14-7-3-1-4-8-14)11-16(18(23)24)21-19(25)26-13-15-9-5-2-6-10-15/h1-10,16H,11-13H2,(H,20,22)(H,21,25)(H,23,24). The van der Waals surface area contributed by atoms with E-state index >= 15 is 0 Å². The van der Waals surface area contributed by atoms with Gasteiger partial charge < -0.3 is 20.5 Å². The van der Waals surface area contributed by atoms with E-state index < -0.39 is 24.0 Å². The van der Waals surface area contributed by atoms with E-state index in [1.54, 1.807) is 24.3 Å². The highest BCUT2D eigenvalue weighted by atomic mass is 16.5. The molecule has 2 aromatic rings. The van der Waals surface area contributed by atoms with Gasteiger partial charge in [-0.25, -0.2) is 9.59 Å². The minimum Gasteiger partial charge on any atom is -0.480 e. The van der Waals surface area contributed by atoms with Crippen LogP contribution < -0.4 is 10.6 Å². The Morgan fingerprint density at radius 2 is 1.50 bits per heavy atom. The Morgan fingerprint density at radius 3 is 2.08 bits per heavy atom. The molecule has 0 aromatic heterocycles. The van der Waals surface area contributed by atoms with Crippen LogP contribution in [0.5, 0.6) is 0 Å². The lowest BCUT2D eigenvalue weighted by Crippen LogP contribution is -2.44. The van der Waals surface area contributed by atoms with Crippen molar-refractivity contribution in [2.45, 2.75) is 25.6 Å². The quantitative estimate of drug-likeness (QED) is 0.672. The van der Waals surface area contributed by atoms with Gasteiger partial charge in [0.2, 0.25) is 5.91 Å². The summed E-state index contributed by atoms with van der Waals surface area (Å²) in [7, 11) is 0. The monoisotopic (exact) mass is 356 g/mol.